The zero-order valence-electron chi connectivity index (χ0n) is 14.4. The summed E-state index contributed by atoms with van der Waals surface area (Å²) in [7, 11) is 3.20. The van der Waals surface area contributed by atoms with E-state index in [1.54, 1.807) is 20.4 Å². The number of methoxy groups -OCH3 is 2. The molecule has 1 aromatic heterocycles. The van der Waals surface area contributed by atoms with Crippen molar-refractivity contribution in [2.24, 2.45) is 0 Å². The van der Waals surface area contributed by atoms with Crippen LogP contribution < -0.4 is 0 Å². The molecule has 0 N–H and O–H groups in total. The van der Waals surface area contributed by atoms with Crippen LogP contribution in [0.5, 0.6) is 0 Å². The molecular weight excluding hydrogens is 312 g/mol. The van der Waals surface area contributed by atoms with Crippen LogP contribution in [0.3, 0.4) is 0 Å². The van der Waals surface area contributed by atoms with E-state index >= 15 is 0 Å². The van der Waals surface area contributed by atoms with Gasteiger partial charge in [0.2, 0.25) is 6.29 Å². The molecule has 7 nitrogen and oxygen atoms in total. The Morgan fingerprint density at radius 1 is 1.29 bits per heavy atom. The lowest BCUT2D eigenvalue weighted by Crippen LogP contribution is -2.42. The summed E-state index contributed by atoms with van der Waals surface area (Å²) in [5.74, 6) is 0.811. The van der Waals surface area contributed by atoms with E-state index in [9.17, 15) is 0 Å². The smallest absolute Gasteiger partial charge is 0.200 e. The van der Waals surface area contributed by atoms with Gasteiger partial charge in [-0.2, -0.15) is 0 Å². The summed E-state index contributed by atoms with van der Waals surface area (Å²) in [5, 5.41) is 0. The van der Waals surface area contributed by atoms with Crippen molar-refractivity contribution < 1.29 is 23.7 Å². The fraction of sp³-hybridized carbons (Fsp3) is 0.765. The number of aromatic nitrogens is 2. The Hall–Kier alpha value is -1.12. The average Bonchev–Trinajstić information content (AvgIpc) is 2.59. The van der Waals surface area contributed by atoms with Crippen LogP contribution in [0, 0.1) is 0 Å². The lowest BCUT2D eigenvalue weighted by atomic mass is 9.68. The monoisotopic (exact) mass is 338 g/mol. The Morgan fingerprint density at radius 2 is 2.12 bits per heavy atom. The summed E-state index contributed by atoms with van der Waals surface area (Å²) < 4.78 is 27.5. The van der Waals surface area contributed by atoms with Crippen LogP contribution in [0.25, 0.3) is 0 Å². The van der Waals surface area contributed by atoms with Gasteiger partial charge in [0.05, 0.1) is 44.1 Å². The fourth-order valence-corrected chi connectivity index (χ4v) is 3.15. The van der Waals surface area contributed by atoms with Crippen molar-refractivity contribution in [2.75, 3.05) is 47.3 Å². The third kappa shape index (κ3) is 3.92. The predicted molar refractivity (Wildman–Crippen MR) is 85.7 cm³/mol. The standard InChI is InChI=1S/C17H26N2O5/c1-20-15(21-2)14-4-7-18-16(19-14)17(5-3-6-17)12-23-11-13-10-22-8-9-24-13/h4,7,13,15H,3,5-6,8-12H2,1-2H3. The zero-order valence-corrected chi connectivity index (χ0v) is 14.4. The van der Waals surface area contributed by atoms with Crippen LogP contribution >= 0.6 is 0 Å². The molecule has 0 spiro atoms. The van der Waals surface area contributed by atoms with E-state index in [1.165, 1.54) is 0 Å². The van der Waals surface area contributed by atoms with Crippen LogP contribution in [0.4, 0.5) is 0 Å². The lowest BCUT2D eigenvalue weighted by Gasteiger charge is -2.40. The number of nitrogens with zero attached hydrogens (tertiary/aromatic N) is 2. The van der Waals surface area contributed by atoms with Crippen LogP contribution in [0.2, 0.25) is 0 Å². The second-order valence-electron chi connectivity index (χ2n) is 6.33. The van der Waals surface area contributed by atoms with Gasteiger partial charge >= 0.3 is 0 Å². The van der Waals surface area contributed by atoms with Crippen molar-refractivity contribution >= 4 is 0 Å². The van der Waals surface area contributed by atoms with Gasteiger partial charge in [0.1, 0.15) is 11.9 Å². The topological polar surface area (TPSA) is 71.9 Å². The molecule has 1 atom stereocenters. The van der Waals surface area contributed by atoms with Crippen LogP contribution in [-0.4, -0.2) is 63.3 Å². The van der Waals surface area contributed by atoms with Crippen LogP contribution in [0.15, 0.2) is 12.3 Å². The van der Waals surface area contributed by atoms with Gasteiger partial charge < -0.3 is 23.7 Å². The van der Waals surface area contributed by atoms with Crippen molar-refractivity contribution in [3.05, 3.63) is 23.8 Å². The molecule has 134 valence electrons. The average molecular weight is 338 g/mol. The highest BCUT2D eigenvalue weighted by Gasteiger charge is 2.42. The van der Waals surface area contributed by atoms with E-state index in [4.69, 9.17) is 23.7 Å². The van der Waals surface area contributed by atoms with Gasteiger partial charge in [-0.15, -0.1) is 0 Å². The Balaban J connectivity index is 1.63. The molecule has 2 aliphatic rings. The summed E-state index contributed by atoms with van der Waals surface area (Å²) >= 11 is 0. The second-order valence-corrected chi connectivity index (χ2v) is 6.33. The molecule has 1 unspecified atom stereocenters. The molecule has 0 amide bonds. The highest BCUT2D eigenvalue weighted by molar-refractivity contribution is 5.16. The maximum atomic E-state index is 5.94. The highest BCUT2D eigenvalue weighted by Crippen LogP contribution is 2.42. The van der Waals surface area contributed by atoms with E-state index in [-0.39, 0.29) is 11.5 Å². The molecule has 24 heavy (non-hydrogen) atoms. The summed E-state index contributed by atoms with van der Waals surface area (Å²) in [6, 6.07) is 1.82. The molecule has 1 aliphatic carbocycles. The normalized spacial score (nSPS) is 23.2. The predicted octanol–water partition coefficient (Wildman–Crippen LogP) is 1.62. The first-order valence-electron chi connectivity index (χ1n) is 8.43. The number of ether oxygens (including phenoxy) is 5. The van der Waals surface area contributed by atoms with Gasteiger partial charge in [0.25, 0.3) is 0 Å². The summed E-state index contributed by atoms with van der Waals surface area (Å²) in [5.41, 5.74) is 0.623. The van der Waals surface area contributed by atoms with Crippen LogP contribution in [-0.2, 0) is 29.1 Å². The SMILES string of the molecule is COC(OC)c1ccnc(C2(COCC3COCCO3)CCC2)n1. The molecule has 0 radical (unpaired) electrons. The number of hydrogen-bond acceptors (Lipinski definition) is 7. The maximum Gasteiger partial charge on any atom is 0.200 e. The minimum atomic E-state index is -0.474. The zero-order chi connectivity index (χ0) is 16.8. The van der Waals surface area contributed by atoms with Crippen molar-refractivity contribution in [3.63, 3.8) is 0 Å². The minimum absolute atomic E-state index is 0.0227. The molecule has 0 aromatic carbocycles. The van der Waals surface area contributed by atoms with E-state index in [1.807, 2.05) is 6.07 Å². The fourth-order valence-electron chi connectivity index (χ4n) is 3.15. The first kappa shape index (κ1) is 17.7. The summed E-state index contributed by atoms with van der Waals surface area (Å²) in [6.07, 6.45) is 4.54. The second kappa shape index (κ2) is 8.31. The third-order valence-electron chi connectivity index (χ3n) is 4.70. The first-order chi connectivity index (χ1) is 11.8. The summed E-state index contributed by atoms with van der Waals surface area (Å²) in [6.45, 7) is 3.05. The van der Waals surface area contributed by atoms with Gasteiger partial charge in [-0.3, -0.25) is 0 Å². The molecule has 7 heteroatoms. The lowest BCUT2D eigenvalue weighted by molar-refractivity contribution is -0.121. The van der Waals surface area contributed by atoms with E-state index in [2.05, 4.69) is 9.97 Å². The van der Waals surface area contributed by atoms with Gasteiger partial charge in [-0.25, -0.2) is 9.97 Å². The third-order valence-corrected chi connectivity index (χ3v) is 4.70. The quantitative estimate of drug-likeness (QED) is 0.667. The molecule has 1 saturated heterocycles. The molecular formula is C17H26N2O5. The van der Waals surface area contributed by atoms with Gasteiger partial charge in [-0.1, -0.05) is 6.42 Å². The van der Waals surface area contributed by atoms with E-state index in [0.717, 1.165) is 30.8 Å². The van der Waals surface area contributed by atoms with Gasteiger partial charge in [0.15, 0.2) is 0 Å². The molecule has 2 fully saturated rings. The van der Waals surface area contributed by atoms with Crippen molar-refractivity contribution in [3.8, 4) is 0 Å². The van der Waals surface area contributed by atoms with Gasteiger partial charge in [0, 0.05) is 20.4 Å². The molecule has 1 saturated carbocycles. The molecule has 0 bridgehead atoms. The molecule has 2 heterocycles. The largest absolute Gasteiger partial charge is 0.378 e. The molecule has 1 aromatic rings. The molecule has 3 rings (SSSR count). The highest BCUT2D eigenvalue weighted by atomic mass is 16.7. The Kier molecular flexibility index (Phi) is 6.13. The van der Waals surface area contributed by atoms with Crippen molar-refractivity contribution in [1.82, 2.24) is 9.97 Å². The van der Waals surface area contributed by atoms with E-state index in [0.29, 0.717) is 33.0 Å². The number of hydrogen-bond donors (Lipinski definition) is 0. The summed E-state index contributed by atoms with van der Waals surface area (Å²) in [4.78, 5) is 9.17. The Morgan fingerprint density at radius 3 is 2.75 bits per heavy atom. The van der Waals surface area contributed by atoms with Crippen molar-refractivity contribution in [1.29, 1.82) is 0 Å². The maximum absolute atomic E-state index is 5.94. The van der Waals surface area contributed by atoms with Crippen LogP contribution in [0.1, 0.15) is 37.1 Å². The number of rotatable bonds is 8. The minimum Gasteiger partial charge on any atom is -0.378 e. The van der Waals surface area contributed by atoms with Crippen molar-refractivity contribution in [2.45, 2.75) is 37.1 Å². The Labute approximate surface area is 142 Å². The first-order valence-corrected chi connectivity index (χ1v) is 8.43. The van der Waals surface area contributed by atoms with Gasteiger partial charge in [-0.05, 0) is 18.9 Å². The molecule has 1 aliphatic heterocycles. The Bertz CT molecular complexity index is 513. The van der Waals surface area contributed by atoms with E-state index < -0.39 is 6.29 Å².